The van der Waals surface area contributed by atoms with Gasteiger partial charge in [0.15, 0.2) is 12.2 Å². The summed E-state index contributed by atoms with van der Waals surface area (Å²) < 4.78 is 68.7. The van der Waals surface area contributed by atoms with Gasteiger partial charge in [-0.1, -0.05) is 364 Å². The van der Waals surface area contributed by atoms with Crippen molar-refractivity contribution in [3.05, 3.63) is 0 Å². The molecular weight excluding hydrogens is 1310 g/mol. The second kappa shape index (κ2) is 70.1. The minimum atomic E-state index is -4.96. The van der Waals surface area contributed by atoms with E-state index in [1.165, 1.54) is 212 Å². The summed E-state index contributed by atoms with van der Waals surface area (Å²) in [6, 6.07) is 0. The highest BCUT2D eigenvalue weighted by molar-refractivity contribution is 7.47. The molecule has 0 rings (SSSR count). The molecule has 7 atom stereocenters. The molecule has 0 aliphatic rings. The van der Waals surface area contributed by atoms with Gasteiger partial charge in [0.05, 0.1) is 26.4 Å². The molecule has 0 spiro atoms. The maximum absolute atomic E-state index is 13.1. The molecule has 0 aromatic heterocycles. The van der Waals surface area contributed by atoms with Gasteiger partial charge in [0.2, 0.25) is 0 Å². The van der Waals surface area contributed by atoms with E-state index in [1.54, 1.807) is 0 Å². The maximum atomic E-state index is 13.1. The van der Waals surface area contributed by atoms with Gasteiger partial charge in [-0.15, -0.1) is 0 Å². The zero-order chi connectivity index (χ0) is 73.8. The second-order valence-electron chi connectivity index (χ2n) is 30.6. The molecule has 0 aliphatic carbocycles. The van der Waals surface area contributed by atoms with E-state index in [0.29, 0.717) is 31.6 Å². The lowest BCUT2D eigenvalue weighted by Gasteiger charge is -2.21. The van der Waals surface area contributed by atoms with Crippen LogP contribution in [0.25, 0.3) is 0 Å². The van der Waals surface area contributed by atoms with E-state index in [4.69, 9.17) is 37.0 Å². The number of aliphatic hydroxyl groups excluding tert-OH is 1. The molecule has 0 radical (unpaired) electrons. The first kappa shape index (κ1) is 98.1. The summed E-state index contributed by atoms with van der Waals surface area (Å²) in [4.78, 5) is 73.0. The molecular formula is C81H158O17P2. The molecule has 0 bridgehead atoms. The summed E-state index contributed by atoms with van der Waals surface area (Å²) >= 11 is 0. The third-order valence-corrected chi connectivity index (χ3v) is 21.4. The fraction of sp³-hybridized carbons (Fsp3) is 0.951. The van der Waals surface area contributed by atoms with Gasteiger partial charge in [-0.3, -0.25) is 37.3 Å². The fourth-order valence-corrected chi connectivity index (χ4v) is 13.9. The molecule has 4 unspecified atom stereocenters. The van der Waals surface area contributed by atoms with Crippen molar-refractivity contribution < 1.29 is 80.2 Å². The Morgan fingerprint density at radius 2 is 0.480 bits per heavy atom. The van der Waals surface area contributed by atoms with E-state index in [9.17, 15) is 43.2 Å². The average molecular weight is 1470 g/mol. The largest absolute Gasteiger partial charge is 0.472 e. The van der Waals surface area contributed by atoms with E-state index in [1.807, 2.05) is 0 Å². The second-order valence-corrected chi connectivity index (χ2v) is 33.5. The molecule has 0 aromatic carbocycles. The van der Waals surface area contributed by atoms with Crippen LogP contribution in [0.15, 0.2) is 0 Å². The first-order valence-electron chi connectivity index (χ1n) is 41.8. The molecule has 0 fully saturated rings. The minimum Gasteiger partial charge on any atom is -0.462 e. The molecule has 0 heterocycles. The number of phosphoric acid groups is 2. The monoisotopic (exact) mass is 1470 g/mol. The van der Waals surface area contributed by atoms with Crippen molar-refractivity contribution in [2.45, 2.75) is 433 Å². The summed E-state index contributed by atoms with van der Waals surface area (Å²) in [6.45, 7) is 14.3. The molecule has 100 heavy (non-hydrogen) atoms. The number of phosphoric ester groups is 2. The summed E-state index contributed by atoms with van der Waals surface area (Å²) in [5, 5.41) is 10.6. The smallest absolute Gasteiger partial charge is 0.462 e. The Morgan fingerprint density at radius 1 is 0.280 bits per heavy atom. The van der Waals surface area contributed by atoms with Crippen molar-refractivity contribution in [3.63, 3.8) is 0 Å². The van der Waals surface area contributed by atoms with E-state index < -0.39 is 97.5 Å². The summed E-state index contributed by atoms with van der Waals surface area (Å²) in [7, 11) is -9.92. The van der Waals surface area contributed by atoms with Crippen LogP contribution >= 0.6 is 15.6 Å². The third kappa shape index (κ3) is 71.7. The highest BCUT2D eigenvalue weighted by Gasteiger charge is 2.30. The van der Waals surface area contributed by atoms with Gasteiger partial charge in [0, 0.05) is 25.7 Å². The standard InChI is InChI=1S/C81H158O17P2/c1-9-73(7)59-51-43-34-28-22-18-15-16-20-24-31-37-47-55-63-80(85)97-76(67-91-78(83)61-53-45-36-30-23-19-14-12-11-13-17-21-27-33-41-49-57-71(3)4)69-95-99(87,88)93-65-75(82)66-94-100(89,90)96-70-77(68-92-79(84)62-54-46-40-39-42-50-58-72(5)6)98-81(86)64-56-48-38-32-26-25-29-35-44-52-60-74(8)10-2/h71-77,82H,9-70H2,1-8H3,(H,87,88)(H,89,90)/t73?,74?,75-,76-,77-/m1/s1. The van der Waals surface area contributed by atoms with Crippen molar-refractivity contribution in [3.8, 4) is 0 Å². The first-order chi connectivity index (χ1) is 48.2. The molecule has 19 heteroatoms. The van der Waals surface area contributed by atoms with Gasteiger partial charge >= 0.3 is 39.5 Å². The van der Waals surface area contributed by atoms with Crippen LogP contribution in [0.4, 0.5) is 0 Å². The number of aliphatic hydroxyl groups is 1. The van der Waals surface area contributed by atoms with E-state index in [2.05, 4.69) is 55.4 Å². The van der Waals surface area contributed by atoms with Crippen LogP contribution in [-0.4, -0.2) is 96.7 Å². The number of ether oxygens (including phenoxy) is 4. The zero-order valence-electron chi connectivity index (χ0n) is 65.8. The number of carbonyl (C=O) groups excluding carboxylic acids is 4. The fourth-order valence-electron chi connectivity index (χ4n) is 12.4. The highest BCUT2D eigenvalue weighted by atomic mass is 31.2. The van der Waals surface area contributed by atoms with Gasteiger partial charge in [-0.2, -0.15) is 0 Å². The summed E-state index contributed by atoms with van der Waals surface area (Å²) in [6.07, 6.45) is 56.9. The molecule has 0 saturated heterocycles. The Morgan fingerprint density at radius 3 is 0.710 bits per heavy atom. The molecule has 17 nitrogen and oxygen atoms in total. The van der Waals surface area contributed by atoms with Gasteiger partial charge in [0.25, 0.3) is 0 Å². The number of rotatable bonds is 78. The molecule has 594 valence electrons. The van der Waals surface area contributed by atoms with Crippen LogP contribution in [0.5, 0.6) is 0 Å². The Balaban J connectivity index is 5.23. The number of carbonyl (C=O) groups is 4. The predicted octanol–water partition coefficient (Wildman–Crippen LogP) is 24.0. The van der Waals surface area contributed by atoms with Gasteiger partial charge < -0.3 is 33.8 Å². The topological polar surface area (TPSA) is 237 Å². The normalized spacial score (nSPS) is 14.6. The van der Waals surface area contributed by atoms with E-state index in [0.717, 1.165) is 114 Å². The van der Waals surface area contributed by atoms with Gasteiger partial charge in [-0.25, -0.2) is 9.13 Å². The minimum absolute atomic E-state index is 0.105. The van der Waals surface area contributed by atoms with Crippen LogP contribution < -0.4 is 0 Å². The molecule has 0 aromatic rings. The Kier molecular flexibility index (Phi) is 68.7. The van der Waals surface area contributed by atoms with Crippen molar-refractivity contribution in [1.82, 2.24) is 0 Å². The predicted molar refractivity (Wildman–Crippen MR) is 409 cm³/mol. The lowest BCUT2D eigenvalue weighted by atomic mass is 9.99. The average Bonchev–Trinajstić information content (AvgIpc) is 0.941. The lowest BCUT2D eigenvalue weighted by Crippen LogP contribution is -2.30. The Labute approximate surface area is 613 Å². The molecule has 0 aliphatic heterocycles. The first-order valence-corrected chi connectivity index (χ1v) is 44.8. The highest BCUT2D eigenvalue weighted by Crippen LogP contribution is 2.45. The van der Waals surface area contributed by atoms with Crippen LogP contribution in [-0.2, 0) is 65.4 Å². The van der Waals surface area contributed by atoms with Crippen molar-refractivity contribution in [2.75, 3.05) is 39.6 Å². The number of esters is 4. The van der Waals surface area contributed by atoms with Crippen molar-refractivity contribution >= 4 is 39.5 Å². The number of unbranched alkanes of at least 4 members (excludes halogenated alkanes) is 42. The maximum Gasteiger partial charge on any atom is 0.472 e. The van der Waals surface area contributed by atoms with Crippen molar-refractivity contribution in [1.29, 1.82) is 0 Å². The van der Waals surface area contributed by atoms with Crippen LogP contribution in [0, 0.1) is 23.7 Å². The zero-order valence-corrected chi connectivity index (χ0v) is 67.6. The number of hydrogen-bond donors (Lipinski definition) is 3. The summed E-state index contributed by atoms with van der Waals surface area (Å²) in [5.74, 6) is 1.02. The van der Waals surface area contributed by atoms with Crippen LogP contribution in [0.1, 0.15) is 415 Å². The molecule has 0 amide bonds. The van der Waals surface area contributed by atoms with Crippen molar-refractivity contribution in [2.24, 2.45) is 23.7 Å². The van der Waals surface area contributed by atoms with E-state index in [-0.39, 0.29) is 25.7 Å². The SMILES string of the molecule is CCC(C)CCCCCCCCCCCCCCCCC(=O)O[C@H](COC(=O)CCCCCCCCCCCCCCCCCCC(C)C)COP(=O)(O)OC[C@@H](O)COP(=O)(O)OC[C@@H](COC(=O)CCCCCCCCC(C)C)OC(=O)CCCCCCCCCCCCC(C)CC. The number of hydrogen-bond acceptors (Lipinski definition) is 15. The van der Waals surface area contributed by atoms with Gasteiger partial charge in [0.1, 0.15) is 19.3 Å². The van der Waals surface area contributed by atoms with Crippen LogP contribution in [0.2, 0.25) is 0 Å². The summed E-state index contributed by atoms with van der Waals surface area (Å²) in [5.41, 5.74) is 0. The third-order valence-electron chi connectivity index (χ3n) is 19.5. The lowest BCUT2D eigenvalue weighted by molar-refractivity contribution is -0.161. The molecule has 0 saturated carbocycles. The quantitative estimate of drug-likeness (QED) is 0.0222. The Hall–Kier alpha value is -1.94. The van der Waals surface area contributed by atoms with Gasteiger partial charge in [-0.05, 0) is 49.4 Å². The van der Waals surface area contributed by atoms with Crippen LogP contribution in [0.3, 0.4) is 0 Å². The Bertz CT molecular complexity index is 1960. The molecule has 3 N–H and O–H groups in total. The van der Waals surface area contributed by atoms with E-state index >= 15 is 0 Å².